The van der Waals surface area contributed by atoms with Crippen LogP contribution in [0.25, 0.3) is 11.3 Å². The molecule has 6 heteroatoms. The van der Waals surface area contributed by atoms with Crippen molar-refractivity contribution in [2.24, 2.45) is 5.92 Å². The molecule has 6 nitrogen and oxygen atoms in total. The van der Waals surface area contributed by atoms with Crippen LogP contribution in [0.2, 0.25) is 0 Å². The standard InChI is InChI=1S/C24H26N4O2/c1-2-30-21-12-10-20(11-13-21)27-24(29)19-9-6-14-28(16-19)23-15-22(25-17-26-23)18-7-4-3-5-8-18/h3-5,7-8,10-13,15,17,19H,2,6,9,14,16H2,1H3,(H,27,29). The molecule has 2 aromatic carbocycles. The van der Waals surface area contributed by atoms with Crippen LogP contribution in [0.1, 0.15) is 19.8 Å². The van der Waals surface area contributed by atoms with Crippen LogP contribution in [-0.2, 0) is 4.79 Å². The van der Waals surface area contributed by atoms with Gasteiger partial charge in [-0.1, -0.05) is 30.3 Å². The molecule has 0 radical (unpaired) electrons. The summed E-state index contributed by atoms with van der Waals surface area (Å²) >= 11 is 0. The number of amides is 1. The molecule has 0 aliphatic carbocycles. The zero-order chi connectivity index (χ0) is 20.8. The second-order valence-corrected chi connectivity index (χ2v) is 7.36. The van der Waals surface area contributed by atoms with Gasteiger partial charge < -0.3 is 15.0 Å². The van der Waals surface area contributed by atoms with E-state index in [9.17, 15) is 4.79 Å². The predicted molar refractivity (Wildman–Crippen MR) is 119 cm³/mol. The molecule has 0 saturated carbocycles. The lowest BCUT2D eigenvalue weighted by Gasteiger charge is -2.33. The predicted octanol–water partition coefficient (Wildman–Crippen LogP) is 4.40. The average Bonchev–Trinajstić information content (AvgIpc) is 2.81. The van der Waals surface area contributed by atoms with Gasteiger partial charge >= 0.3 is 0 Å². The first-order chi connectivity index (χ1) is 14.7. The molecule has 1 saturated heterocycles. The molecule has 154 valence electrons. The van der Waals surface area contributed by atoms with Gasteiger partial charge in [-0.2, -0.15) is 0 Å². The molecular formula is C24H26N4O2. The van der Waals surface area contributed by atoms with E-state index < -0.39 is 0 Å². The van der Waals surface area contributed by atoms with Crippen LogP contribution in [0.3, 0.4) is 0 Å². The summed E-state index contributed by atoms with van der Waals surface area (Å²) in [6, 6.07) is 19.6. The molecule has 1 atom stereocenters. The SMILES string of the molecule is CCOc1ccc(NC(=O)C2CCCN(c3cc(-c4ccccc4)ncn3)C2)cc1. The number of nitrogens with one attached hydrogen (secondary N) is 1. The quantitative estimate of drug-likeness (QED) is 0.662. The molecule has 4 rings (SSSR count). The van der Waals surface area contributed by atoms with Crippen LogP contribution in [0, 0.1) is 5.92 Å². The normalized spacial score (nSPS) is 16.2. The van der Waals surface area contributed by atoms with Crippen LogP contribution < -0.4 is 15.0 Å². The number of rotatable bonds is 6. The van der Waals surface area contributed by atoms with Crippen molar-refractivity contribution in [1.82, 2.24) is 9.97 Å². The number of aromatic nitrogens is 2. The zero-order valence-electron chi connectivity index (χ0n) is 17.1. The Morgan fingerprint density at radius 1 is 1.13 bits per heavy atom. The third kappa shape index (κ3) is 4.76. The molecule has 1 unspecified atom stereocenters. The van der Waals surface area contributed by atoms with E-state index in [0.29, 0.717) is 13.2 Å². The first-order valence-electron chi connectivity index (χ1n) is 10.4. The molecule has 2 heterocycles. The molecule has 30 heavy (non-hydrogen) atoms. The van der Waals surface area contributed by atoms with Gasteiger partial charge in [0.15, 0.2) is 0 Å². The number of anilines is 2. The molecule has 1 aliphatic rings. The lowest BCUT2D eigenvalue weighted by Crippen LogP contribution is -2.41. The highest BCUT2D eigenvalue weighted by atomic mass is 16.5. The summed E-state index contributed by atoms with van der Waals surface area (Å²) in [5.74, 6) is 1.63. The van der Waals surface area contributed by atoms with Gasteiger partial charge in [-0.05, 0) is 44.0 Å². The number of hydrogen-bond donors (Lipinski definition) is 1. The lowest BCUT2D eigenvalue weighted by atomic mass is 9.97. The molecule has 1 N–H and O–H groups in total. The molecule has 0 bridgehead atoms. The van der Waals surface area contributed by atoms with Crippen LogP contribution in [0.5, 0.6) is 5.75 Å². The van der Waals surface area contributed by atoms with Gasteiger partial charge in [0.05, 0.1) is 18.2 Å². The second kappa shape index (κ2) is 9.39. The molecule has 1 amide bonds. The lowest BCUT2D eigenvalue weighted by molar-refractivity contribution is -0.120. The maximum Gasteiger partial charge on any atom is 0.229 e. The summed E-state index contributed by atoms with van der Waals surface area (Å²) in [6.45, 7) is 4.11. The van der Waals surface area contributed by atoms with E-state index in [1.807, 2.05) is 67.6 Å². The minimum absolute atomic E-state index is 0.0428. The van der Waals surface area contributed by atoms with Crippen molar-refractivity contribution >= 4 is 17.4 Å². The van der Waals surface area contributed by atoms with Crippen LogP contribution in [0.4, 0.5) is 11.5 Å². The molecule has 1 aromatic heterocycles. The fourth-order valence-electron chi connectivity index (χ4n) is 3.73. The summed E-state index contributed by atoms with van der Waals surface area (Å²) in [5.41, 5.74) is 2.73. The van der Waals surface area contributed by atoms with Crippen LogP contribution in [-0.4, -0.2) is 35.6 Å². The summed E-state index contributed by atoms with van der Waals surface area (Å²) < 4.78 is 5.46. The second-order valence-electron chi connectivity index (χ2n) is 7.36. The van der Waals surface area contributed by atoms with E-state index in [1.54, 1.807) is 6.33 Å². The number of piperidine rings is 1. The van der Waals surface area contributed by atoms with Crippen molar-refractivity contribution in [2.75, 3.05) is 29.9 Å². The maximum absolute atomic E-state index is 12.8. The molecule has 0 spiro atoms. The van der Waals surface area contributed by atoms with E-state index in [1.165, 1.54) is 0 Å². The minimum atomic E-state index is -0.0829. The Balaban J connectivity index is 1.42. The summed E-state index contributed by atoms with van der Waals surface area (Å²) in [4.78, 5) is 23.9. The summed E-state index contributed by atoms with van der Waals surface area (Å²) in [5, 5.41) is 3.04. The van der Waals surface area contributed by atoms with Crippen molar-refractivity contribution in [2.45, 2.75) is 19.8 Å². The van der Waals surface area contributed by atoms with Gasteiger partial charge in [-0.25, -0.2) is 9.97 Å². The number of carbonyl (C=O) groups is 1. The van der Waals surface area contributed by atoms with Crippen LogP contribution >= 0.6 is 0 Å². The Hall–Kier alpha value is -3.41. The molecular weight excluding hydrogens is 376 g/mol. The van der Waals surface area contributed by atoms with Crippen molar-refractivity contribution in [1.29, 1.82) is 0 Å². The van der Waals surface area contributed by atoms with Gasteiger partial charge in [0.25, 0.3) is 0 Å². The van der Waals surface area contributed by atoms with Gasteiger partial charge in [-0.15, -0.1) is 0 Å². The van der Waals surface area contributed by atoms with Gasteiger partial charge in [-0.3, -0.25) is 4.79 Å². The Kier molecular flexibility index (Phi) is 6.23. The van der Waals surface area contributed by atoms with Crippen molar-refractivity contribution < 1.29 is 9.53 Å². The Labute approximate surface area is 176 Å². The topological polar surface area (TPSA) is 67.3 Å². The van der Waals surface area contributed by atoms with Gasteiger partial charge in [0.1, 0.15) is 17.9 Å². The molecule has 1 fully saturated rings. The summed E-state index contributed by atoms with van der Waals surface area (Å²) in [6.07, 6.45) is 3.42. The van der Waals surface area contributed by atoms with Crippen molar-refractivity contribution in [3.05, 3.63) is 67.0 Å². The number of hydrogen-bond acceptors (Lipinski definition) is 5. The molecule has 3 aromatic rings. The van der Waals surface area contributed by atoms with Crippen LogP contribution in [0.15, 0.2) is 67.0 Å². The Morgan fingerprint density at radius 3 is 2.70 bits per heavy atom. The summed E-state index contributed by atoms with van der Waals surface area (Å²) in [7, 11) is 0. The monoisotopic (exact) mass is 402 g/mol. The van der Waals surface area contributed by atoms with Crippen molar-refractivity contribution in [3.63, 3.8) is 0 Å². The average molecular weight is 402 g/mol. The Morgan fingerprint density at radius 2 is 1.93 bits per heavy atom. The highest BCUT2D eigenvalue weighted by molar-refractivity contribution is 5.93. The maximum atomic E-state index is 12.8. The first kappa shape index (κ1) is 19.9. The third-order valence-electron chi connectivity index (χ3n) is 5.27. The van der Waals surface area contributed by atoms with E-state index >= 15 is 0 Å². The third-order valence-corrected chi connectivity index (χ3v) is 5.27. The number of benzene rings is 2. The minimum Gasteiger partial charge on any atom is -0.494 e. The number of ether oxygens (including phenoxy) is 1. The molecule has 1 aliphatic heterocycles. The van der Waals surface area contributed by atoms with E-state index in [4.69, 9.17) is 4.74 Å². The zero-order valence-corrected chi connectivity index (χ0v) is 17.1. The Bertz CT molecular complexity index is 976. The fraction of sp³-hybridized carbons (Fsp3) is 0.292. The van der Waals surface area contributed by atoms with Gasteiger partial charge in [0.2, 0.25) is 5.91 Å². The largest absolute Gasteiger partial charge is 0.494 e. The first-order valence-corrected chi connectivity index (χ1v) is 10.4. The number of carbonyl (C=O) groups excluding carboxylic acids is 1. The number of nitrogens with zero attached hydrogens (tertiary/aromatic N) is 3. The van der Waals surface area contributed by atoms with Gasteiger partial charge in [0, 0.05) is 30.4 Å². The highest BCUT2D eigenvalue weighted by Gasteiger charge is 2.27. The smallest absolute Gasteiger partial charge is 0.229 e. The van der Waals surface area contributed by atoms with E-state index in [2.05, 4.69) is 20.2 Å². The van der Waals surface area contributed by atoms with E-state index in [-0.39, 0.29) is 11.8 Å². The van der Waals surface area contributed by atoms with Crippen molar-refractivity contribution in [3.8, 4) is 17.0 Å². The highest BCUT2D eigenvalue weighted by Crippen LogP contribution is 2.26. The fourth-order valence-corrected chi connectivity index (χ4v) is 3.73. The van der Waals surface area contributed by atoms with E-state index in [0.717, 1.165) is 47.9 Å².